The topological polar surface area (TPSA) is 148 Å². The Kier molecular flexibility index (Phi) is 7.44. The number of H-pyrrole nitrogens is 1. The first-order chi connectivity index (χ1) is 16.1. The summed E-state index contributed by atoms with van der Waals surface area (Å²) in [5.74, 6) is 0.454. The number of carbonyl (C=O) groups is 1. The molecule has 1 aromatic heterocycles. The van der Waals surface area contributed by atoms with Gasteiger partial charge in [0.15, 0.2) is 0 Å². The summed E-state index contributed by atoms with van der Waals surface area (Å²) < 4.78 is 11.3. The molecule has 10 nitrogen and oxygen atoms in total. The molecule has 3 rings (SSSR count). The van der Waals surface area contributed by atoms with Gasteiger partial charge in [-0.1, -0.05) is 12.1 Å². The van der Waals surface area contributed by atoms with E-state index in [1.807, 2.05) is 32.9 Å². The molecular formula is C24H28N6O4. The van der Waals surface area contributed by atoms with Crippen LogP contribution in [0.4, 0.5) is 10.6 Å². The second-order valence-electron chi connectivity index (χ2n) is 8.90. The molecule has 0 unspecified atom stereocenters. The Balaban J connectivity index is 1.62. The van der Waals surface area contributed by atoms with Crippen molar-refractivity contribution in [3.8, 4) is 29.0 Å². The Morgan fingerprint density at radius 3 is 2.44 bits per heavy atom. The number of benzene rings is 1. The van der Waals surface area contributed by atoms with Crippen LogP contribution in [-0.4, -0.2) is 65.8 Å². The van der Waals surface area contributed by atoms with Gasteiger partial charge in [0, 0.05) is 38.3 Å². The number of ether oxygens (including phenoxy) is 2. The smallest absolute Gasteiger partial charge is 0.410 e. The summed E-state index contributed by atoms with van der Waals surface area (Å²) in [6.07, 6.45) is -0.297. The van der Waals surface area contributed by atoms with Crippen molar-refractivity contribution in [1.82, 2.24) is 14.8 Å². The van der Waals surface area contributed by atoms with Crippen molar-refractivity contribution in [2.45, 2.75) is 26.4 Å². The predicted molar refractivity (Wildman–Crippen MR) is 126 cm³/mol. The lowest BCUT2D eigenvalue weighted by Crippen LogP contribution is -2.50. The maximum absolute atomic E-state index is 12.2. The SMILES string of the molecule is CC(C)(C)OC(=O)N1CCN(CCOc2cccc(-c3c(C#N)c(N)[nH]c(=O)c3C#N)c2)CC1. The third-order valence-electron chi connectivity index (χ3n) is 5.29. The number of nitriles is 2. The molecule has 1 aliphatic heterocycles. The molecule has 178 valence electrons. The van der Waals surface area contributed by atoms with Crippen LogP contribution in [0.3, 0.4) is 0 Å². The van der Waals surface area contributed by atoms with Gasteiger partial charge < -0.3 is 25.1 Å². The summed E-state index contributed by atoms with van der Waals surface area (Å²) in [5, 5.41) is 18.9. The van der Waals surface area contributed by atoms with Gasteiger partial charge in [-0.2, -0.15) is 10.5 Å². The molecule has 0 bridgehead atoms. The number of nitrogen functional groups attached to an aromatic ring is 1. The molecule has 2 heterocycles. The van der Waals surface area contributed by atoms with E-state index in [9.17, 15) is 20.1 Å². The molecule has 0 spiro atoms. The van der Waals surface area contributed by atoms with Crippen LogP contribution in [0.15, 0.2) is 29.1 Å². The van der Waals surface area contributed by atoms with Crippen molar-refractivity contribution >= 4 is 11.9 Å². The van der Waals surface area contributed by atoms with Crippen molar-refractivity contribution in [3.05, 3.63) is 45.7 Å². The van der Waals surface area contributed by atoms with Crippen molar-refractivity contribution in [2.75, 3.05) is 45.1 Å². The maximum atomic E-state index is 12.2. The van der Waals surface area contributed by atoms with Crippen LogP contribution in [-0.2, 0) is 4.74 Å². The predicted octanol–water partition coefficient (Wildman–Crippen LogP) is 2.30. The Bertz CT molecular complexity index is 1190. The maximum Gasteiger partial charge on any atom is 0.410 e. The van der Waals surface area contributed by atoms with Gasteiger partial charge >= 0.3 is 6.09 Å². The molecule has 3 N–H and O–H groups in total. The van der Waals surface area contributed by atoms with Crippen LogP contribution >= 0.6 is 0 Å². The van der Waals surface area contributed by atoms with E-state index in [0.29, 0.717) is 50.6 Å². The highest BCUT2D eigenvalue weighted by Crippen LogP contribution is 2.30. The molecule has 10 heteroatoms. The average molecular weight is 465 g/mol. The van der Waals surface area contributed by atoms with Gasteiger partial charge in [-0.3, -0.25) is 9.69 Å². The van der Waals surface area contributed by atoms with Gasteiger partial charge in [0.25, 0.3) is 5.56 Å². The van der Waals surface area contributed by atoms with Crippen LogP contribution in [0.25, 0.3) is 11.1 Å². The third kappa shape index (κ3) is 5.85. The molecule has 1 amide bonds. The number of aromatic nitrogens is 1. The molecular weight excluding hydrogens is 436 g/mol. The molecule has 0 atom stereocenters. The van der Waals surface area contributed by atoms with E-state index in [-0.39, 0.29) is 28.6 Å². The summed E-state index contributed by atoms with van der Waals surface area (Å²) in [6, 6.07) is 10.7. The number of piperazine rings is 1. The van der Waals surface area contributed by atoms with E-state index in [4.69, 9.17) is 15.2 Å². The molecule has 0 radical (unpaired) electrons. The zero-order valence-corrected chi connectivity index (χ0v) is 19.6. The van der Waals surface area contributed by atoms with Gasteiger partial charge in [-0.05, 0) is 38.5 Å². The standard InChI is InChI=1S/C24H28N6O4/c1-24(2,3)34-23(32)30-9-7-29(8-10-30)11-12-33-17-6-4-5-16(13-17)20-18(14-25)21(27)28-22(31)19(20)15-26/h4-6,13H,7-12H2,1-3H3,(H3,27,28,31). The molecule has 2 aromatic rings. The fraction of sp³-hybridized carbons (Fsp3) is 0.417. The molecule has 1 saturated heterocycles. The molecule has 1 aromatic carbocycles. The fourth-order valence-electron chi connectivity index (χ4n) is 3.65. The summed E-state index contributed by atoms with van der Waals surface area (Å²) in [7, 11) is 0. The molecule has 0 saturated carbocycles. The van der Waals surface area contributed by atoms with Crippen LogP contribution in [0, 0.1) is 22.7 Å². The van der Waals surface area contributed by atoms with Gasteiger partial charge in [-0.25, -0.2) is 4.79 Å². The Labute approximate surface area is 198 Å². The summed E-state index contributed by atoms with van der Waals surface area (Å²) >= 11 is 0. The minimum absolute atomic E-state index is 0.0381. The van der Waals surface area contributed by atoms with E-state index in [0.717, 1.165) is 0 Å². The largest absolute Gasteiger partial charge is 0.492 e. The number of nitrogens with zero attached hydrogens (tertiary/aromatic N) is 4. The number of carbonyl (C=O) groups excluding carboxylic acids is 1. The zero-order valence-electron chi connectivity index (χ0n) is 19.6. The summed E-state index contributed by atoms with van der Waals surface area (Å²) in [4.78, 5) is 30.6. The van der Waals surface area contributed by atoms with Crippen molar-refractivity contribution in [2.24, 2.45) is 0 Å². The summed E-state index contributed by atoms with van der Waals surface area (Å²) in [5.41, 5.74) is 5.18. The van der Waals surface area contributed by atoms with Gasteiger partial charge in [0.2, 0.25) is 0 Å². The highest BCUT2D eigenvalue weighted by molar-refractivity contribution is 5.80. The summed E-state index contributed by atoms with van der Waals surface area (Å²) in [6.45, 7) is 9.21. The van der Waals surface area contributed by atoms with E-state index in [1.165, 1.54) is 0 Å². The van der Waals surface area contributed by atoms with Crippen LogP contribution in [0.5, 0.6) is 5.75 Å². The molecule has 1 aliphatic rings. The highest BCUT2D eigenvalue weighted by Gasteiger charge is 2.25. The van der Waals surface area contributed by atoms with Crippen molar-refractivity contribution in [3.63, 3.8) is 0 Å². The first-order valence-corrected chi connectivity index (χ1v) is 10.9. The van der Waals surface area contributed by atoms with Crippen LogP contribution in [0.2, 0.25) is 0 Å². The number of nitrogens with two attached hydrogens (primary N) is 1. The Morgan fingerprint density at radius 1 is 1.15 bits per heavy atom. The van der Waals surface area contributed by atoms with E-state index < -0.39 is 11.2 Å². The number of nitrogens with one attached hydrogen (secondary N) is 1. The number of amides is 1. The molecule has 0 aliphatic carbocycles. The van der Waals surface area contributed by atoms with Crippen molar-refractivity contribution in [1.29, 1.82) is 10.5 Å². The van der Waals surface area contributed by atoms with Gasteiger partial charge in [-0.15, -0.1) is 0 Å². The van der Waals surface area contributed by atoms with E-state index in [2.05, 4.69) is 9.88 Å². The highest BCUT2D eigenvalue weighted by atomic mass is 16.6. The number of hydrogen-bond donors (Lipinski definition) is 2. The zero-order chi connectivity index (χ0) is 24.9. The van der Waals surface area contributed by atoms with Crippen molar-refractivity contribution < 1.29 is 14.3 Å². The number of hydrogen-bond acceptors (Lipinski definition) is 8. The van der Waals surface area contributed by atoms with Crippen LogP contribution < -0.4 is 16.0 Å². The second-order valence-corrected chi connectivity index (χ2v) is 8.90. The first kappa shape index (κ1) is 24.6. The Hall–Kier alpha value is -4.02. The molecule has 1 fully saturated rings. The van der Waals surface area contributed by atoms with E-state index >= 15 is 0 Å². The van der Waals surface area contributed by atoms with E-state index in [1.54, 1.807) is 29.2 Å². The Morgan fingerprint density at radius 2 is 1.82 bits per heavy atom. The minimum Gasteiger partial charge on any atom is -0.492 e. The van der Waals surface area contributed by atoms with Gasteiger partial charge in [0.05, 0.1) is 0 Å². The lowest BCUT2D eigenvalue weighted by atomic mass is 9.96. The second kappa shape index (κ2) is 10.3. The number of pyridine rings is 1. The lowest BCUT2D eigenvalue weighted by Gasteiger charge is -2.35. The lowest BCUT2D eigenvalue weighted by molar-refractivity contribution is 0.0137. The number of rotatable bonds is 5. The third-order valence-corrected chi connectivity index (χ3v) is 5.29. The quantitative estimate of drug-likeness (QED) is 0.685. The van der Waals surface area contributed by atoms with Gasteiger partial charge in [0.1, 0.15) is 47.0 Å². The first-order valence-electron chi connectivity index (χ1n) is 10.9. The number of anilines is 1. The average Bonchev–Trinajstić information content (AvgIpc) is 2.78. The fourth-order valence-corrected chi connectivity index (χ4v) is 3.65. The minimum atomic E-state index is -0.647. The molecule has 34 heavy (non-hydrogen) atoms. The monoisotopic (exact) mass is 464 g/mol. The normalized spacial score (nSPS) is 14.2. The van der Waals surface area contributed by atoms with Crippen LogP contribution in [0.1, 0.15) is 31.9 Å². The number of aromatic amines is 1.